The highest BCUT2D eigenvalue weighted by Crippen LogP contribution is 2.44. The molecule has 0 saturated carbocycles. The molecule has 0 radical (unpaired) electrons. The van der Waals surface area contributed by atoms with Gasteiger partial charge in [0.25, 0.3) is 5.91 Å². The van der Waals surface area contributed by atoms with Crippen molar-refractivity contribution in [3.63, 3.8) is 0 Å². The van der Waals surface area contributed by atoms with Crippen LogP contribution in [0.5, 0.6) is 0 Å². The number of anilines is 2. The number of rotatable bonds is 5. The van der Waals surface area contributed by atoms with Gasteiger partial charge in [-0.25, -0.2) is 4.98 Å². The minimum absolute atomic E-state index is 0.0349. The van der Waals surface area contributed by atoms with Gasteiger partial charge in [-0.1, -0.05) is 35.6 Å². The van der Waals surface area contributed by atoms with Gasteiger partial charge in [-0.2, -0.15) is 0 Å². The van der Waals surface area contributed by atoms with Gasteiger partial charge < -0.3 is 9.64 Å². The van der Waals surface area contributed by atoms with E-state index < -0.39 is 5.66 Å². The van der Waals surface area contributed by atoms with Crippen LogP contribution in [0.15, 0.2) is 48.5 Å². The number of hydrogen-bond donors (Lipinski definition) is 0. The molecule has 0 spiro atoms. The number of aromatic nitrogens is 1. The Balaban J connectivity index is 1.36. The van der Waals surface area contributed by atoms with Crippen molar-refractivity contribution in [2.75, 3.05) is 29.5 Å². The molecule has 3 aromatic rings. The third kappa shape index (κ3) is 3.61. The van der Waals surface area contributed by atoms with Crippen LogP contribution in [0.1, 0.15) is 43.0 Å². The average Bonchev–Trinajstić information content (AvgIpc) is 3.59. The summed E-state index contributed by atoms with van der Waals surface area (Å²) in [5, 5.41) is 0.598. The standard InChI is InChI=1S/C26H26N4O4S/c1-26-13-12-22(31)30(26)20-10-4-2-8-18(20)24(33)29(26)16-23(32)28(15-17-7-6-14-34-17)25-27-19-9-3-5-11-21(19)35-25/h2-5,8-11,17H,6-7,12-16H2,1H3. The summed E-state index contributed by atoms with van der Waals surface area (Å²) in [6, 6.07) is 14.9. The third-order valence-electron chi connectivity index (χ3n) is 7.26. The number of fused-ring (bicyclic) bond motifs is 4. The minimum Gasteiger partial charge on any atom is -0.376 e. The first-order valence-corrected chi connectivity index (χ1v) is 12.8. The summed E-state index contributed by atoms with van der Waals surface area (Å²) < 4.78 is 6.84. The van der Waals surface area contributed by atoms with Gasteiger partial charge in [-0.15, -0.1) is 0 Å². The molecule has 9 heteroatoms. The molecule has 2 saturated heterocycles. The van der Waals surface area contributed by atoms with Gasteiger partial charge in [0.2, 0.25) is 11.8 Å². The Morgan fingerprint density at radius 3 is 2.80 bits per heavy atom. The van der Waals surface area contributed by atoms with Crippen LogP contribution in [0, 0.1) is 0 Å². The molecule has 2 aromatic carbocycles. The second-order valence-corrected chi connectivity index (χ2v) is 10.5. The fourth-order valence-electron chi connectivity index (χ4n) is 5.42. The van der Waals surface area contributed by atoms with E-state index in [1.165, 1.54) is 11.3 Å². The zero-order valence-corrected chi connectivity index (χ0v) is 20.3. The van der Waals surface area contributed by atoms with Gasteiger partial charge in [0.15, 0.2) is 5.13 Å². The third-order valence-corrected chi connectivity index (χ3v) is 8.32. The number of carbonyl (C=O) groups excluding carboxylic acids is 3. The molecule has 8 nitrogen and oxygen atoms in total. The first-order valence-electron chi connectivity index (χ1n) is 12.0. The lowest BCUT2D eigenvalue weighted by Crippen LogP contribution is -2.64. The molecule has 0 aliphatic carbocycles. The first-order chi connectivity index (χ1) is 17.0. The van der Waals surface area contributed by atoms with Crippen LogP contribution in [-0.2, 0) is 14.3 Å². The van der Waals surface area contributed by atoms with Crippen LogP contribution in [0.4, 0.5) is 10.8 Å². The summed E-state index contributed by atoms with van der Waals surface area (Å²) in [6.07, 6.45) is 2.59. The lowest BCUT2D eigenvalue weighted by Gasteiger charge is -2.48. The number of ether oxygens (including phenoxy) is 1. The molecule has 3 amide bonds. The van der Waals surface area contributed by atoms with Crippen LogP contribution in [0.25, 0.3) is 10.2 Å². The first kappa shape index (κ1) is 22.2. The maximum absolute atomic E-state index is 13.9. The molecule has 1 aromatic heterocycles. The molecule has 6 rings (SSSR count). The molecule has 2 unspecified atom stereocenters. The van der Waals surface area contributed by atoms with Gasteiger partial charge in [0.1, 0.15) is 12.2 Å². The molecule has 3 aliphatic rings. The quantitative estimate of drug-likeness (QED) is 0.543. The fraction of sp³-hybridized carbons (Fsp3) is 0.385. The number of para-hydroxylation sites is 2. The highest BCUT2D eigenvalue weighted by atomic mass is 32.1. The van der Waals surface area contributed by atoms with Gasteiger partial charge in [0.05, 0.1) is 34.1 Å². The Bertz CT molecular complexity index is 1300. The van der Waals surface area contributed by atoms with E-state index in [4.69, 9.17) is 9.72 Å². The Labute approximate surface area is 207 Å². The lowest BCUT2D eigenvalue weighted by molar-refractivity contribution is -0.122. The predicted octanol–water partition coefficient (Wildman–Crippen LogP) is 3.81. The summed E-state index contributed by atoms with van der Waals surface area (Å²) in [5.41, 5.74) is 1.01. The summed E-state index contributed by atoms with van der Waals surface area (Å²) in [4.78, 5) is 50.0. The Morgan fingerprint density at radius 1 is 1.20 bits per heavy atom. The maximum Gasteiger partial charge on any atom is 0.258 e. The summed E-state index contributed by atoms with van der Waals surface area (Å²) >= 11 is 1.46. The number of hydrogen-bond acceptors (Lipinski definition) is 6. The molecule has 0 N–H and O–H groups in total. The molecule has 35 heavy (non-hydrogen) atoms. The topological polar surface area (TPSA) is 83.1 Å². The number of benzene rings is 2. The van der Waals surface area contributed by atoms with Crippen molar-refractivity contribution in [2.45, 2.75) is 44.4 Å². The second kappa shape index (κ2) is 8.42. The average molecular weight is 491 g/mol. The monoisotopic (exact) mass is 490 g/mol. The molecular weight excluding hydrogens is 464 g/mol. The largest absolute Gasteiger partial charge is 0.376 e. The van der Waals surface area contributed by atoms with E-state index >= 15 is 0 Å². The van der Waals surface area contributed by atoms with E-state index in [9.17, 15) is 14.4 Å². The highest BCUT2D eigenvalue weighted by molar-refractivity contribution is 7.22. The Morgan fingerprint density at radius 2 is 2.00 bits per heavy atom. The molecule has 4 heterocycles. The molecule has 3 aliphatic heterocycles. The van der Waals surface area contributed by atoms with Crippen LogP contribution in [0.2, 0.25) is 0 Å². The zero-order chi connectivity index (χ0) is 24.2. The second-order valence-electron chi connectivity index (χ2n) is 9.46. The van der Waals surface area contributed by atoms with Crippen molar-refractivity contribution in [1.82, 2.24) is 9.88 Å². The fourth-order valence-corrected chi connectivity index (χ4v) is 6.41. The molecule has 0 bridgehead atoms. The summed E-state index contributed by atoms with van der Waals surface area (Å²) in [6.45, 7) is 2.80. The predicted molar refractivity (Wildman–Crippen MR) is 134 cm³/mol. The van der Waals surface area contributed by atoms with E-state index in [0.717, 1.165) is 23.1 Å². The van der Waals surface area contributed by atoms with E-state index in [1.807, 2.05) is 37.3 Å². The maximum atomic E-state index is 13.9. The van der Waals surface area contributed by atoms with Crippen LogP contribution < -0.4 is 9.80 Å². The number of thiazole rings is 1. The molecular formula is C26H26N4O4S. The van der Waals surface area contributed by atoms with Crippen molar-refractivity contribution in [3.8, 4) is 0 Å². The Kier molecular flexibility index (Phi) is 5.34. The number of nitrogens with zero attached hydrogens (tertiary/aromatic N) is 4. The van der Waals surface area contributed by atoms with Crippen molar-refractivity contribution >= 4 is 50.1 Å². The van der Waals surface area contributed by atoms with Gasteiger partial charge in [0, 0.05) is 13.0 Å². The molecule has 180 valence electrons. The van der Waals surface area contributed by atoms with E-state index in [1.54, 1.807) is 32.9 Å². The minimum atomic E-state index is -0.888. The van der Waals surface area contributed by atoms with E-state index in [-0.39, 0.29) is 30.4 Å². The van der Waals surface area contributed by atoms with Crippen molar-refractivity contribution in [2.24, 2.45) is 0 Å². The van der Waals surface area contributed by atoms with Crippen molar-refractivity contribution in [3.05, 3.63) is 54.1 Å². The van der Waals surface area contributed by atoms with Gasteiger partial charge in [-0.05, 0) is 50.5 Å². The van der Waals surface area contributed by atoms with Crippen molar-refractivity contribution < 1.29 is 19.1 Å². The highest BCUT2D eigenvalue weighted by Gasteiger charge is 2.53. The van der Waals surface area contributed by atoms with Crippen molar-refractivity contribution in [1.29, 1.82) is 0 Å². The van der Waals surface area contributed by atoms with Crippen LogP contribution in [-0.4, -0.2) is 59.1 Å². The molecule has 2 fully saturated rings. The van der Waals surface area contributed by atoms with Crippen LogP contribution in [0.3, 0.4) is 0 Å². The normalized spacial score (nSPS) is 23.6. The zero-order valence-electron chi connectivity index (χ0n) is 19.5. The van der Waals surface area contributed by atoms with Crippen LogP contribution >= 0.6 is 11.3 Å². The summed E-state index contributed by atoms with van der Waals surface area (Å²) in [7, 11) is 0. The lowest BCUT2D eigenvalue weighted by atomic mass is 9.98. The van der Waals surface area contributed by atoms with E-state index in [2.05, 4.69) is 0 Å². The van der Waals surface area contributed by atoms with Gasteiger partial charge in [-0.3, -0.25) is 24.2 Å². The van der Waals surface area contributed by atoms with E-state index in [0.29, 0.717) is 42.4 Å². The van der Waals surface area contributed by atoms with Gasteiger partial charge >= 0.3 is 0 Å². The Hall–Kier alpha value is -3.30. The molecule has 2 atom stereocenters. The smallest absolute Gasteiger partial charge is 0.258 e. The summed E-state index contributed by atoms with van der Waals surface area (Å²) in [5.74, 6) is -0.496. The number of amides is 3. The number of carbonyl (C=O) groups is 3. The SMILES string of the molecule is CC12CCC(=O)N1c1ccccc1C(=O)N2CC(=O)N(CC1CCCO1)c1nc2ccccc2s1.